The van der Waals surface area contributed by atoms with Gasteiger partial charge in [0.2, 0.25) is 0 Å². The molecule has 7 nitrogen and oxygen atoms in total. The number of carbonyl (C=O) groups is 2. The van der Waals surface area contributed by atoms with Gasteiger partial charge >= 0.3 is 5.97 Å². The Kier molecular flexibility index (Phi) is 4.89. The summed E-state index contributed by atoms with van der Waals surface area (Å²) in [5.74, 6) is -1.42. The van der Waals surface area contributed by atoms with Crippen molar-refractivity contribution >= 4 is 44.4 Å². The van der Waals surface area contributed by atoms with Gasteiger partial charge in [-0.2, -0.15) is 0 Å². The summed E-state index contributed by atoms with van der Waals surface area (Å²) in [5, 5.41) is 12.5. The van der Waals surface area contributed by atoms with Crippen LogP contribution in [0, 0.1) is 5.92 Å². The van der Waals surface area contributed by atoms with E-state index in [4.69, 9.17) is 5.11 Å². The molecule has 2 heterocycles. The second kappa shape index (κ2) is 7.35. The van der Waals surface area contributed by atoms with Crippen LogP contribution in [0.5, 0.6) is 0 Å². The topological polar surface area (TPSA) is 101 Å². The molecule has 0 unspecified atom stereocenters. The van der Waals surface area contributed by atoms with Gasteiger partial charge in [0.25, 0.3) is 11.5 Å². The number of carboxylic acids is 1. The summed E-state index contributed by atoms with van der Waals surface area (Å²) in [6.07, 6.45) is 3.94. The number of hydrogen-bond acceptors (Lipinski definition) is 4. The molecule has 0 atom stereocenters. The molecule has 1 aliphatic carbocycles. The standard InChI is InChI=1S/C20H18BrN3O4/c21-12-5-8-16-15(10-12)19(26)24-9-1-2-14(17(24)23-16)18(25)22-13-6-3-11(4-7-13)20(27)28/h1-2,5,8-11,13H,3-4,6-7H2,(H,22,25)(H,27,28)/t11-,13+. The maximum Gasteiger partial charge on any atom is 0.306 e. The van der Waals surface area contributed by atoms with Gasteiger partial charge in [-0.15, -0.1) is 0 Å². The molecule has 0 saturated heterocycles. The van der Waals surface area contributed by atoms with E-state index >= 15 is 0 Å². The molecule has 1 aromatic carbocycles. The van der Waals surface area contributed by atoms with Crippen molar-refractivity contribution in [3.05, 3.63) is 56.9 Å². The fraction of sp³-hybridized carbons (Fsp3) is 0.300. The van der Waals surface area contributed by atoms with E-state index in [9.17, 15) is 14.4 Å². The van der Waals surface area contributed by atoms with E-state index < -0.39 is 5.97 Å². The number of halogens is 1. The largest absolute Gasteiger partial charge is 0.481 e. The van der Waals surface area contributed by atoms with Crippen molar-refractivity contribution in [3.8, 4) is 0 Å². The zero-order chi connectivity index (χ0) is 19.8. The minimum atomic E-state index is -0.777. The Hall–Kier alpha value is -2.74. The van der Waals surface area contributed by atoms with Gasteiger partial charge in [0.15, 0.2) is 5.65 Å². The predicted molar refractivity (Wildman–Crippen MR) is 108 cm³/mol. The molecule has 4 rings (SSSR count). The SMILES string of the molecule is O=C(N[C@H]1CC[C@@H](C(=O)O)CC1)c1cccn2c(=O)c3cc(Br)ccc3nc12. The van der Waals surface area contributed by atoms with Gasteiger partial charge in [0.05, 0.1) is 22.4 Å². The normalized spacial score (nSPS) is 19.6. The molecule has 2 N–H and O–H groups in total. The number of hydrogen-bond donors (Lipinski definition) is 2. The first kappa shape index (κ1) is 18.6. The Morgan fingerprint density at radius 3 is 2.64 bits per heavy atom. The molecule has 1 aliphatic rings. The van der Waals surface area contributed by atoms with Crippen LogP contribution in [0.1, 0.15) is 36.0 Å². The molecular weight excluding hydrogens is 426 g/mol. The number of carboxylic acid groups (broad SMARTS) is 1. The van der Waals surface area contributed by atoms with Crippen LogP contribution < -0.4 is 10.9 Å². The molecule has 0 aliphatic heterocycles. The summed E-state index contributed by atoms with van der Waals surface area (Å²) in [7, 11) is 0. The summed E-state index contributed by atoms with van der Waals surface area (Å²) >= 11 is 3.36. The van der Waals surface area contributed by atoms with Crippen LogP contribution in [-0.2, 0) is 4.79 Å². The molecule has 2 aromatic heterocycles. The lowest BCUT2D eigenvalue weighted by Gasteiger charge is -2.26. The average Bonchev–Trinajstić information content (AvgIpc) is 2.69. The zero-order valence-corrected chi connectivity index (χ0v) is 16.5. The molecule has 0 spiro atoms. The molecule has 28 heavy (non-hydrogen) atoms. The van der Waals surface area contributed by atoms with E-state index in [-0.39, 0.29) is 23.4 Å². The Bertz CT molecular complexity index is 1150. The third-order valence-electron chi connectivity index (χ3n) is 5.26. The number of benzene rings is 1. The highest BCUT2D eigenvalue weighted by molar-refractivity contribution is 9.10. The maximum absolute atomic E-state index is 12.9. The van der Waals surface area contributed by atoms with Gasteiger partial charge in [-0.05, 0) is 56.0 Å². The van der Waals surface area contributed by atoms with Gasteiger partial charge in [0.1, 0.15) is 0 Å². The van der Waals surface area contributed by atoms with Crippen LogP contribution in [-0.4, -0.2) is 32.4 Å². The summed E-state index contributed by atoms with van der Waals surface area (Å²) in [4.78, 5) is 41.3. The van der Waals surface area contributed by atoms with Crippen LogP contribution in [0.15, 0.2) is 45.8 Å². The minimum absolute atomic E-state index is 0.0773. The lowest BCUT2D eigenvalue weighted by atomic mass is 9.86. The quantitative estimate of drug-likeness (QED) is 0.605. The number of nitrogens with one attached hydrogen (secondary N) is 1. The second-order valence-electron chi connectivity index (χ2n) is 7.05. The van der Waals surface area contributed by atoms with Gasteiger partial charge < -0.3 is 10.4 Å². The van der Waals surface area contributed by atoms with E-state index in [2.05, 4.69) is 26.2 Å². The number of rotatable bonds is 3. The number of aliphatic carboxylic acids is 1. The maximum atomic E-state index is 12.9. The van der Waals surface area contributed by atoms with Gasteiger partial charge in [-0.25, -0.2) is 4.98 Å². The summed E-state index contributed by atoms with van der Waals surface area (Å²) in [5.41, 5.74) is 0.914. The van der Waals surface area contributed by atoms with Crippen molar-refractivity contribution in [2.75, 3.05) is 0 Å². The lowest BCUT2D eigenvalue weighted by molar-refractivity contribution is -0.142. The minimum Gasteiger partial charge on any atom is -0.481 e. The fourth-order valence-electron chi connectivity index (χ4n) is 3.72. The zero-order valence-electron chi connectivity index (χ0n) is 14.9. The molecule has 3 aromatic rings. The van der Waals surface area contributed by atoms with Gasteiger partial charge in [0, 0.05) is 16.7 Å². The molecule has 144 valence electrons. The monoisotopic (exact) mass is 443 g/mol. The third-order valence-corrected chi connectivity index (χ3v) is 5.75. The van der Waals surface area contributed by atoms with Crippen LogP contribution in [0.3, 0.4) is 0 Å². The summed E-state index contributed by atoms with van der Waals surface area (Å²) < 4.78 is 2.16. The Morgan fingerprint density at radius 2 is 1.93 bits per heavy atom. The third kappa shape index (κ3) is 3.40. The van der Waals surface area contributed by atoms with Crippen LogP contribution in [0.25, 0.3) is 16.6 Å². The van der Waals surface area contributed by atoms with Crippen molar-refractivity contribution in [2.45, 2.75) is 31.7 Å². The highest BCUT2D eigenvalue weighted by atomic mass is 79.9. The highest BCUT2D eigenvalue weighted by Crippen LogP contribution is 2.25. The molecular formula is C20H18BrN3O4. The molecule has 1 saturated carbocycles. The van der Waals surface area contributed by atoms with E-state index in [0.29, 0.717) is 47.8 Å². The van der Waals surface area contributed by atoms with Crippen molar-refractivity contribution < 1.29 is 14.7 Å². The Morgan fingerprint density at radius 1 is 1.18 bits per heavy atom. The van der Waals surface area contributed by atoms with Crippen molar-refractivity contribution in [2.24, 2.45) is 5.92 Å². The predicted octanol–water partition coefficient (Wildman–Crippen LogP) is 2.98. The van der Waals surface area contributed by atoms with Crippen LogP contribution in [0.2, 0.25) is 0 Å². The summed E-state index contributed by atoms with van der Waals surface area (Å²) in [6.45, 7) is 0. The average molecular weight is 444 g/mol. The molecule has 1 amide bonds. The van der Waals surface area contributed by atoms with Crippen LogP contribution in [0.4, 0.5) is 0 Å². The lowest BCUT2D eigenvalue weighted by Crippen LogP contribution is -2.39. The fourth-order valence-corrected chi connectivity index (χ4v) is 4.09. The Balaban J connectivity index is 1.66. The van der Waals surface area contributed by atoms with Gasteiger partial charge in [-0.3, -0.25) is 18.8 Å². The number of fused-ring (bicyclic) bond motifs is 2. The number of aromatic nitrogens is 2. The molecule has 1 fully saturated rings. The van der Waals surface area contributed by atoms with E-state index in [0.717, 1.165) is 4.47 Å². The smallest absolute Gasteiger partial charge is 0.306 e. The van der Waals surface area contributed by atoms with E-state index in [1.54, 1.807) is 36.5 Å². The first-order valence-electron chi connectivity index (χ1n) is 9.08. The van der Waals surface area contributed by atoms with Crippen molar-refractivity contribution in [1.82, 2.24) is 14.7 Å². The van der Waals surface area contributed by atoms with Crippen molar-refractivity contribution in [1.29, 1.82) is 0 Å². The van der Waals surface area contributed by atoms with E-state index in [1.807, 2.05) is 0 Å². The number of nitrogens with zero attached hydrogens (tertiary/aromatic N) is 2. The van der Waals surface area contributed by atoms with Crippen LogP contribution >= 0.6 is 15.9 Å². The summed E-state index contributed by atoms with van der Waals surface area (Å²) in [6, 6.07) is 8.47. The number of amides is 1. The number of pyridine rings is 1. The van der Waals surface area contributed by atoms with Gasteiger partial charge in [-0.1, -0.05) is 15.9 Å². The number of carbonyl (C=O) groups excluding carboxylic acids is 1. The van der Waals surface area contributed by atoms with E-state index in [1.165, 1.54) is 4.40 Å². The molecule has 8 heteroatoms. The first-order valence-corrected chi connectivity index (χ1v) is 9.87. The second-order valence-corrected chi connectivity index (χ2v) is 7.97. The molecule has 0 radical (unpaired) electrons. The first-order chi connectivity index (χ1) is 13.4. The Labute approximate surface area is 168 Å². The molecule has 0 bridgehead atoms. The highest BCUT2D eigenvalue weighted by Gasteiger charge is 2.27. The van der Waals surface area contributed by atoms with Crippen molar-refractivity contribution in [3.63, 3.8) is 0 Å².